The van der Waals surface area contributed by atoms with Crippen molar-refractivity contribution in [2.24, 2.45) is 11.3 Å². The van der Waals surface area contributed by atoms with E-state index in [9.17, 15) is 22.7 Å². The molecule has 2 bridgehead atoms. The molecule has 0 unspecified atom stereocenters. The van der Waals surface area contributed by atoms with Crippen molar-refractivity contribution in [1.82, 2.24) is 10.2 Å². The molecule has 24 heavy (non-hydrogen) atoms. The maximum absolute atomic E-state index is 14.4. The molecular weight excluding hydrogens is 324 g/mol. The molecule has 1 fully saturated rings. The number of halogens is 4. The molecule has 2 N–H and O–H groups in total. The second-order valence-electron chi connectivity index (χ2n) is 7.20. The van der Waals surface area contributed by atoms with Gasteiger partial charge in [0.15, 0.2) is 0 Å². The summed E-state index contributed by atoms with van der Waals surface area (Å²) in [6.07, 6.45) is -5.60. The van der Waals surface area contributed by atoms with E-state index in [2.05, 4.69) is 10.2 Å². The van der Waals surface area contributed by atoms with Crippen molar-refractivity contribution >= 4 is 16.5 Å². The number of H-pyrrole nitrogens is 1. The minimum absolute atomic E-state index is 0.0393. The van der Waals surface area contributed by atoms with Gasteiger partial charge in [-0.05, 0) is 42.0 Å². The molecule has 126 valence electrons. The third-order valence-electron chi connectivity index (χ3n) is 6.00. The molecule has 1 spiro atoms. The number of aromatic nitrogens is 2. The fourth-order valence-corrected chi connectivity index (χ4v) is 5.16. The average Bonchev–Trinajstić information content (AvgIpc) is 3.14. The fourth-order valence-electron chi connectivity index (χ4n) is 5.16. The summed E-state index contributed by atoms with van der Waals surface area (Å²) in [5.41, 5.74) is 0.326. The number of alkyl halides is 4. The molecule has 1 saturated carbocycles. The quantitative estimate of drug-likeness (QED) is 0.722. The second kappa shape index (κ2) is 4.20. The first-order valence-electron chi connectivity index (χ1n) is 7.91. The molecule has 7 heteroatoms. The van der Waals surface area contributed by atoms with Crippen LogP contribution in [0, 0.1) is 11.3 Å². The van der Waals surface area contributed by atoms with Crippen LogP contribution in [0.3, 0.4) is 0 Å². The number of hydrogen-bond acceptors (Lipinski definition) is 2. The minimum atomic E-state index is -4.67. The number of aliphatic hydroxyl groups excluding tert-OH is 1. The monoisotopic (exact) mass is 338 g/mol. The number of allylic oxidation sites excluding steroid dienone is 1. The van der Waals surface area contributed by atoms with Gasteiger partial charge in [0.1, 0.15) is 6.17 Å². The Hall–Kier alpha value is -1.89. The molecule has 1 aromatic carbocycles. The average molecular weight is 338 g/mol. The summed E-state index contributed by atoms with van der Waals surface area (Å²) >= 11 is 0. The van der Waals surface area contributed by atoms with Crippen LogP contribution in [0.25, 0.3) is 16.5 Å². The van der Waals surface area contributed by atoms with Crippen molar-refractivity contribution in [2.75, 3.05) is 0 Å². The molecule has 1 heterocycles. The zero-order valence-corrected chi connectivity index (χ0v) is 12.5. The summed E-state index contributed by atoms with van der Waals surface area (Å²) in [4.78, 5) is 0. The molecule has 0 saturated heterocycles. The Morgan fingerprint density at radius 1 is 1.25 bits per heavy atom. The molecular formula is C17H14F4N2O. The second-order valence-corrected chi connectivity index (χ2v) is 7.20. The summed E-state index contributed by atoms with van der Waals surface area (Å²) in [6, 6.07) is 3.34. The van der Waals surface area contributed by atoms with Crippen molar-refractivity contribution in [1.29, 1.82) is 0 Å². The van der Waals surface area contributed by atoms with Crippen LogP contribution in [0.5, 0.6) is 0 Å². The Balaban J connectivity index is 1.86. The predicted molar refractivity (Wildman–Crippen MR) is 78.8 cm³/mol. The van der Waals surface area contributed by atoms with Crippen molar-refractivity contribution in [3.63, 3.8) is 0 Å². The van der Waals surface area contributed by atoms with E-state index in [1.807, 2.05) is 0 Å². The van der Waals surface area contributed by atoms with E-state index in [1.165, 1.54) is 0 Å². The van der Waals surface area contributed by atoms with Crippen molar-refractivity contribution in [3.8, 4) is 0 Å². The summed E-state index contributed by atoms with van der Waals surface area (Å²) < 4.78 is 55.6. The maximum atomic E-state index is 14.4. The number of rotatable bonds is 0. The molecule has 5 rings (SSSR count). The summed E-state index contributed by atoms with van der Waals surface area (Å²) in [6.45, 7) is 0. The van der Waals surface area contributed by atoms with Crippen LogP contribution in [-0.4, -0.2) is 33.8 Å². The van der Waals surface area contributed by atoms with Gasteiger partial charge in [-0.15, -0.1) is 0 Å². The zero-order chi connectivity index (χ0) is 16.9. The molecule has 0 amide bonds. The van der Waals surface area contributed by atoms with Crippen LogP contribution in [0.2, 0.25) is 0 Å². The summed E-state index contributed by atoms with van der Waals surface area (Å²) in [7, 11) is 0. The molecule has 3 aliphatic carbocycles. The Labute approximate surface area is 134 Å². The van der Waals surface area contributed by atoms with Gasteiger partial charge in [0, 0.05) is 16.7 Å². The Morgan fingerprint density at radius 2 is 2.04 bits per heavy atom. The summed E-state index contributed by atoms with van der Waals surface area (Å²) in [5, 5.41) is 17.8. The number of nitrogens with one attached hydrogen (secondary N) is 1. The lowest BCUT2D eigenvalue weighted by Crippen LogP contribution is -2.38. The first kappa shape index (κ1) is 14.5. The standard InChI is InChI=1S/C17H14F4N2O/c18-11-5-16-3-8-7(1-2-12-10(8)6-22-23-12)13(16)14(17(19,20)21)15(24)9(11)4-16/h1-2,6,9,11,15,24H,3-5H2,(H,22,23)/t9-,11-,15+,16+/m0/s1. The van der Waals surface area contributed by atoms with Crippen molar-refractivity contribution < 1.29 is 22.7 Å². The van der Waals surface area contributed by atoms with Gasteiger partial charge in [-0.3, -0.25) is 5.10 Å². The van der Waals surface area contributed by atoms with Gasteiger partial charge in [-0.1, -0.05) is 6.07 Å². The lowest BCUT2D eigenvalue weighted by molar-refractivity contribution is -0.112. The highest BCUT2D eigenvalue weighted by molar-refractivity contribution is 5.93. The third-order valence-corrected chi connectivity index (χ3v) is 6.00. The van der Waals surface area contributed by atoms with Gasteiger partial charge in [0.05, 0.1) is 23.4 Å². The molecule has 3 aliphatic rings. The third kappa shape index (κ3) is 1.58. The highest BCUT2D eigenvalue weighted by Crippen LogP contribution is 2.66. The van der Waals surface area contributed by atoms with E-state index in [1.54, 1.807) is 18.3 Å². The first-order valence-corrected chi connectivity index (χ1v) is 7.91. The normalized spacial score (nSPS) is 34.8. The van der Waals surface area contributed by atoms with E-state index < -0.39 is 35.4 Å². The number of nitrogens with zero attached hydrogens (tertiary/aromatic N) is 1. The minimum Gasteiger partial charge on any atom is -0.388 e. The van der Waals surface area contributed by atoms with Crippen LogP contribution in [0.1, 0.15) is 24.0 Å². The zero-order valence-electron chi connectivity index (χ0n) is 12.5. The maximum Gasteiger partial charge on any atom is 0.415 e. The largest absolute Gasteiger partial charge is 0.415 e. The van der Waals surface area contributed by atoms with Crippen LogP contribution in [-0.2, 0) is 6.42 Å². The highest BCUT2D eigenvalue weighted by Gasteiger charge is 2.62. The van der Waals surface area contributed by atoms with Crippen LogP contribution in [0.15, 0.2) is 23.9 Å². The number of benzene rings is 1. The van der Waals surface area contributed by atoms with Crippen LogP contribution in [0.4, 0.5) is 17.6 Å². The Kier molecular flexibility index (Phi) is 2.53. The van der Waals surface area contributed by atoms with Crippen LogP contribution >= 0.6 is 0 Å². The van der Waals surface area contributed by atoms with E-state index in [4.69, 9.17) is 0 Å². The first-order chi connectivity index (χ1) is 11.3. The Bertz CT molecular complexity index is 900. The summed E-state index contributed by atoms with van der Waals surface area (Å²) in [5.74, 6) is -0.973. The number of fused-ring (bicyclic) bond motifs is 5. The van der Waals surface area contributed by atoms with Crippen molar-refractivity contribution in [3.05, 3.63) is 35.0 Å². The molecule has 0 aliphatic heterocycles. The van der Waals surface area contributed by atoms with E-state index in [0.29, 0.717) is 12.0 Å². The lowest BCUT2D eigenvalue weighted by Gasteiger charge is -2.36. The molecule has 1 aromatic heterocycles. The van der Waals surface area contributed by atoms with Gasteiger partial charge >= 0.3 is 6.18 Å². The lowest BCUT2D eigenvalue weighted by atomic mass is 9.70. The fraction of sp³-hybridized carbons (Fsp3) is 0.471. The van der Waals surface area contributed by atoms with E-state index >= 15 is 0 Å². The van der Waals surface area contributed by atoms with Gasteiger partial charge < -0.3 is 5.11 Å². The van der Waals surface area contributed by atoms with Crippen molar-refractivity contribution in [2.45, 2.75) is 37.7 Å². The number of hydrogen-bond donors (Lipinski definition) is 2. The van der Waals surface area contributed by atoms with Crippen LogP contribution < -0.4 is 0 Å². The number of aliphatic hydroxyl groups is 1. The number of aromatic amines is 1. The SMILES string of the molecule is O[C@H]1C(C(F)(F)F)=C2c3ccc4[nH]ncc4c3C[C@]23C[C@H]1[C@@H](F)C3. The smallest absolute Gasteiger partial charge is 0.388 e. The topological polar surface area (TPSA) is 48.9 Å². The van der Waals surface area contributed by atoms with Gasteiger partial charge in [0.2, 0.25) is 0 Å². The van der Waals surface area contributed by atoms with E-state index in [0.717, 1.165) is 16.5 Å². The van der Waals surface area contributed by atoms with Gasteiger partial charge in [-0.2, -0.15) is 18.3 Å². The predicted octanol–water partition coefficient (Wildman–Crippen LogP) is 3.54. The highest BCUT2D eigenvalue weighted by atomic mass is 19.4. The Morgan fingerprint density at radius 3 is 2.79 bits per heavy atom. The molecule has 0 radical (unpaired) electrons. The molecule has 3 nitrogen and oxygen atoms in total. The molecule has 2 aromatic rings. The molecule has 4 atom stereocenters. The van der Waals surface area contributed by atoms with Gasteiger partial charge in [0.25, 0.3) is 0 Å². The van der Waals surface area contributed by atoms with E-state index in [-0.39, 0.29) is 18.4 Å². The van der Waals surface area contributed by atoms with Gasteiger partial charge in [-0.25, -0.2) is 4.39 Å².